The molecule has 1 saturated heterocycles. The molecule has 1 atom stereocenters. The molecule has 1 aromatic heterocycles. The molecule has 1 aliphatic heterocycles. The first-order chi connectivity index (χ1) is 15.0. The van der Waals surface area contributed by atoms with Gasteiger partial charge in [0.2, 0.25) is 0 Å². The number of rotatable bonds is 8. The second-order valence-corrected chi connectivity index (χ2v) is 7.75. The number of nitrogens with one attached hydrogen (secondary N) is 1. The topological polar surface area (TPSA) is 63.9 Å². The molecule has 3 aromatic rings. The number of benzene rings is 2. The molecule has 2 aromatic carbocycles. The maximum atomic E-state index is 12.3. The quantitative estimate of drug-likeness (QED) is 0.570. The Labute approximate surface area is 182 Å². The molecular weight excluding hydrogens is 392 g/mol. The van der Waals surface area contributed by atoms with Crippen molar-refractivity contribution in [2.24, 2.45) is 0 Å². The summed E-state index contributed by atoms with van der Waals surface area (Å²) in [7, 11) is 0. The Kier molecular flexibility index (Phi) is 6.16. The number of ether oxygens (including phenoxy) is 2. The summed E-state index contributed by atoms with van der Waals surface area (Å²) in [6.07, 6.45) is 0.164. The van der Waals surface area contributed by atoms with E-state index in [4.69, 9.17) is 13.9 Å². The van der Waals surface area contributed by atoms with Crippen molar-refractivity contribution in [3.8, 4) is 11.5 Å². The lowest BCUT2D eigenvalue weighted by molar-refractivity contribution is 0.0910. The van der Waals surface area contributed by atoms with Crippen LogP contribution in [-0.2, 0) is 0 Å². The highest BCUT2D eigenvalue weighted by Gasteiger charge is 2.28. The SMILES string of the molecule is CCOc1ccc(N2CC(Oc3ccc([C@H](C)NC(=O)c4ccc(C)o4)cc3)C2)cc1. The number of hydrogen-bond donors (Lipinski definition) is 1. The monoisotopic (exact) mass is 420 g/mol. The molecule has 0 bridgehead atoms. The van der Waals surface area contributed by atoms with Crippen molar-refractivity contribution >= 4 is 11.6 Å². The van der Waals surface area contributed by atoms with E-state index < -0.39 is 0 Å². The Morgan fingerprint density at radius 1 is 1.06 bits per heavy atom. The zero-order valence-corrected chi connectivity index (χ0v) is 18.1. The van der Waals surface area contributed by atoms with Gasteiger partial charge >= 0.3 is 0 Å². The predicted molar refractivity (Wildman–Crippen MR) is 120 cm³/mol. The standard InChI is InChI=1S/C25H28N2O4/c1-4-29-21-12-8-20(9-13-21)27-15-23(16-27)31-22-10-6-19(7-11-22)18(3)26-25(28)24-14-5-17(2)30-24/h5-14,18,23H,4,15-16H2,1-3H3,(H,26,28)/t18-/m0/s1. The second kappa shape index (κ2) is 9.16. The molecule has 6 nitrogen and oxygen atoms in total. The van der Waals surface area contributed by atoms with Crippen LogP contribution in [0, 0.1) is 6.92 Å². The summed E-state index contributed by atoms with van der Waals surface area (Å²) in [5, 5.41) is 2.96. The van der Waals surface area contributed by atoms with E-state index in [1.807, 2.05) is 57.2 Å². The van der Waals surface area contributed by atoms with E-state index in [1.165, 1.54) is 5.69 Å². The first-order valence-electron chi connectivity index (χ1n) is 10.6. The third-order valence-electron chi connectivity index (χ3n) is 5.36. The van der Waals surface area contributed by atoms with E-state index >= 15 is 0 Å². The number of amides is 1. The van der Waals surface area contributed by atoms with Gasteiger partial charge in [-0.2, -0.15) is 0 Å². The minimum Gasteiger partial charge on any atom is -0.494 e. The normalized spacial score (nSPS) is 14.6. The van der Waals surface area contributed by atoms with Gasteiger partial charge in [0.15, 0.2) is 5.76 Å². The van der Waals surface area contributed by atoms with Crippen LogP contribution in [0.4, 0.5) is 5.69 Å². The van der Waals surface area contributed by atoms with Crippen molar-refractivity contribution in [3.05, 3.63) is 77.7 Å². The van der Waals surface area contributed by atoms with Crippen LogP contribution in [-0.4, -0.2) is 31.7 Å². The zero-order valence-electron chi connectivity index (χ0n) is 18.1. The molecular formula is C25H28N2O4. The highest BCUT2D eigenvalue weighted by Crippen LogP contribution is 2.27. The van der Waals surface area contributed by atoms with Crippen LogP contribution >= 0.6 is 0 Å². The van der Waals surface area contributed by atoms with Crippen molar-refractivity contribution in [3.63, 3.8) is 0 Å². The molecule has 4 rings (SSSR count). The predicted octanol–water partition coefficient (Wildman–Crippen LogP) is 4.75. The van der Waals surface area contributed by atoms with Gasteiger partial charge in [-0.25, -0.2) is 0 Å². The number of hydrogen-bond acceptors (Lipinski definition) is 5. The van der Waals surface area contributed by atoms with Crippen LogP contribution in [0.5, 0.6) is 11.5 Å². The Bertz CT molecular complexity index is 1000. The van der Waals surface area contributed by atoms with Gasteiger partial charge in [-0.05, 0) is 74.9 Å². The molecule has 1 N–H and O–H groups in total. The summed E-state index contributed by atoms with van der Waals surface area (Å²) in [6, 6.07) is 19.4. The van der Waals surface area contributed by atoms with Gasteiger partial charge in [0, 0.05) is 5.69 Å². The molecule has 2 heterocycles. The minimum atomic E-state index is -0.218. The van der Waals surface area contributed by atoms with Gasteiger partial charge in [-0.1, -0.05) is 12.1 Å². The van der Waals surface area contributed by atoms with Crippen LogP contribution in [0.2, 0.25) is 0 Å². The largest absolute Gasteiger partial charge is 0.494 e. The number of aryl methyl sites for hydroxylation is 1. The van der Waals surface area contributed by atoms with E-state index in [0.717, 1.165) is 35.9 Å². The molecule has 0 radical (unpaired) electrons. The van der Waals surface area contributed by atoms with Crippen LogP contribution in [0.1, 0.15) is 41.8 Å². The van der Waals surface area contributed by atoms with Crippen molar-refractivity contribution < 1.29 is 18.7 Å². The number of carbonyl (C=O) groups is 1. The molecule has 6 heteroatoms. The van der Waals surface area contributed by atoms with E-state index in [9.17, 15) is 4.79 Å². The van der Waals surface area contributed by atoms with E-state index in [2.05, 4.69) is 22.3 Å². The number of nitrogens with zero attached hydrogens (tertiary/aromatic N) is 1. The fraction of sp³-hybridized carbons (Fsp3) is 0.320. The highest BCUT2D eigenvalue weighted by molar-refractivity contribution is 5.91. The van der Waals surface area contributed by atoms with Crippen LogP contribution in [0.15, 0.2) is 65.1 Å². The van der Waals surface area contributed by atoms with Gasteiger partial charge in [0.05, 0.1) is 25.7 Å². The lowest BCUT2D eigenvalue weighted by Crippen LogP contribution is -2.54. The Morgan fingerprint density at radius 3 is 2.35 bits per heavy atom. The molecule has 0 aliphatic carbocycles. The summed E-state index contributed by atoms with van der Waals surface area (Å²) < 4.78 is 17.0. The Morgan fingerprint density at radius 2 is 1.74 bits per heavy atom. The van der Waals surface area contributed by atoms with Gasteiger partial charge in [-0.3, -0.25) is 4.79 Å². The molecule has 1 aliphatic rings. The maximum Gasteiger partial charge on any atom is 0.287 e. The number of anilines is 1. The zero-order chi connectivity index (χ0) is 21.8. The van der Waals surface area contributed by atoms with Crippen molar-refractivity contribution in [2.45, 2.75) is 32.9 Å². The van der Waals surface area contributed by atoms with E-state index in [0.29, 0.717) is 12.4 Å². The smallest absolute Gasteiger partial charge is 0.287 e. The van der Waals surface area contributed by atoms with Crippen LogP contribution in [0.3, 0.4) is 0 Å². The molecule has 0 unspecified atom stereocenters. The summed E-state index contributed by atoms with van der Waals surface area (Å²) in [5.41, 5.74) is 2.18. The Hall–Kier alpha value is -3.41. The summed E-state index contributed by atoms with van der Waals surface area (Å²) in [5.74, 6) is 2.55. The molecule has 162 valence electrons. The fourth-order valence-electron chi connectivity index (χ4n) is 3.58. The van der Waals surface area contributed by atoms with E-state index in [-0.39, 0.29) is 18.1 Å². The van der Waals surface area contributed by atoms with Gasteiger partial charge in [-0.15, -0.1) is 0 Å². The molecule has 0 saturated carbocycles. The molecule has 31 heavy (non-hydrogen) atoms. The van der Waals surface area contributed by atoms with Crippen LogP contribution in [0.25, 0.3) is 0 Å². The molecule has 1 amide bonds. The number of furan rings is 1. The minimum absolute atomic E-state index is 0.134. The van der Waals surface area contributed by atoms with Crippen molar-refractivity contribution in [1.29, 1.82) is 0 Å². The number of carbonyl (C=O) groups excluding carboxylic acids is 1. The van der Waals surface area contributed by atoms with Crippen LogP contribution < -0.4 is 19.7 Å². The first kappa shape index (κ1) is 20.8. The first-order valence-corrected chi connectivity index (χ1v) is 10.6. The van der Waals surface area contributed by atoms with Crippen molar-refractivity contribution in [1.82, 2.24) is 5.32 Å². The van der Waals surface area contributed by atoms with Crippen molar-refractivity contribution in [2.75, 3.05) is 24.6 Å². The summed E-state index contributed by atoms with van der Waals surface area (Å²) >= 11 is 0. The Balaban J connectivity index is 1.26. The third kappa shape index (κ3) is 5.02. The second-order valence-electron chi connectivity index (χ2n) is 7.75. The lowest BCUT2D eigenvalue weighted by atomic mass is 10.1. The lowest BCUT2D eigenvalue weighted by Gasteiger charge is -2.40. The summed E-state index contributed by atoms with van der Waals surface area (Å²) in [4.78, 5) is 14.5. The maximum absolute atomic E-state index is 12.3. The summed E-state index contributed by atoms with van der Waals surface area (Å²) in [6.45, 7) is 8.13. The average molecular weight is 421 g/mol. The van der Waals surface area contributed by atoms with Gasteiger partial charge in [0.25, 0.3) is 5.91 Å². The molecule has 0 spiro atoms. The fourth-order valence-corrected chi connectivity index (χ4v) is 3.58. The molecule has 1 fully saturated rings. The third-order valence-corrected chi connectivity index (χ3v) is 5.36. The van der Waals surface area contributed by atoms with E-state index in [1.54, 1.807) is 12.1 Å². The highest BCUT2D eigenvalue weighted by atomic mass is 16.5. The average Bonchev–Trinajstić information content (AvgIpc) is 3.18. The van der Waals surface area contributed by atoms with Gasteiger partial charge < -0.3 is 24.1 Å². The van der Waals surface area contributed by atoms with Gasteiger partial charge in [0.1, 0.15) is 23.4 Å².